The van der Waals surface area contributed by atoms with Gasteiger partial charge in [-0.25, -0.2) is 13.1 Å². The van der Waals surface area contributed by atoms with Crippen LogP contribution in [0.3, 0.4) is 0 Å². The van der Waals surface area contributed by atoms with Gasteiger partial charge in [-0.2, -0.15) is 10.2 Å². The van der Waals surface area contributed by atoms with E-state index in [4.69, 9.17) is 11.6 Å². The summed E-state index contributed by atoms with van der Waals surface area (Å²) in [6, 6.07) is 18.6. The predicted molar refractivity (Wildman–Crippen MR) is 121 cm³/mol. The lowest BCUT2D eigenvalue weighted by Crippen LogP contribution is -2.15. The summed E-state index contributed by atoms with van der Waals surface area (Å²) in [7, 11) is -3.87. The number of aryl methyl sites for hydroxylation is 2. The topological polar surface area (TPSA) is 81.8 Å². The zero-order chi connectivity index (χ0) is 22.2. The molecule has 2 aromatic heterocycles. The number of hydrogen-bond donors (Lipinski definition) is 1. The number of nitrogens with one attached hydrogen (secondary N) is 1. The van der Waals surface area contributed by atoms with Gasteiger partial charge in [0.1, 0.15) is 4.90 Å². The molecule has 160 valence electrons. The molecule has 0 aliphatic rings. The van der Waals surface area contributed by atoms with Crippen molar-refractivity contribution < 1.29 is 8.42 Å². The van der Waals surface area contributed by atoms with Crippen LogP contribution in [0.25, 0.3) is 5.69 Å². The van der Waals surface area contributed by atoms with E-state index in [1.54, 1.807) is 29.3 Å². The summed E-state index contributed by atoms with van der Waals surface area (Å²) in [5, 5.41) is 9.53. The smallest absolute Gasteiger partial charge is 0.263 e. The number of para-hydroxylation sites is 1. The molecule has 1 N–H and O–H groups in total. The molecule has 4 rings (SSSR count). The lowest BCUT2D eigenvalue weighted by molar-refractivity contribution is 0.599. The lowest BCUT2D eigenvalue weighted by Gasteiger charge is -2.07. The summed E-state index contributed by atoms with van der Waals surface area (Å²) in [5.41, 5.74) is 3.61. The summed E-state index contributed by atoms with van der Waals surface area (Å²) < 4.78 is 32.3. The van der Waals surface area contributed by atoms with Crippen molar-refractivity contribution in [3.8, 4) is 5.69 Å². The molecule has 0 atom stereocenters. The Labute approximate surface area is 186 Å². The second kappa shape index (κ2) is 8.20. The summed E-state index contributed by atoms with van der Waals surface area (Å²) >= 11 is 5.94. The standard InChI is InChI=1S/C22H22ClN5O2S/c1-15-13-21(25-27(15)14-18-9-11-19(23)12-10-18)26-31(29,30)22-16(2)24-28(17(22)3)20-7-5-4-6-8-20/h4-13H,14H2,1-3H3,(H,25,26). The van der Waals surface area contributed by atoms with Crippen molar-refractivity contribution in [1.29, 1.82) is 0 Å². The number of anilines is 1. The minimum absolute atomic E-state index is 0.154. The minimum atomic E-state index is -3.87. The molecule has 9 heteroatoms. The van der Waals surface area contributed by atoms with E-state index in [2.05, 4.69) is 14.9 Å². The van der Waals surface area contributed by atoms with Crippen molar-refractivity contribution in [2.45, 2.75) is 32.2 Å². The fourth-order valence-electron chi connectivity index (χ4n) is 3.51. The van der Waals surface area contributed by atoms with E-state index in [1.807, 2.05) is 61.5 Å². The Balaban J connectivity index is 1.61. The first-order chi connectivity index (χ1) is 14.7. The number of hydrogen-bond acceptors (Lipinski definition) is 4. The van der Waals surface area contributed by atoms with Gasteiger partial charge in [0.15, 0.2) is 5.82 Å². The van der Waals surface area contributed by atoms with Gasteiger partial charge in [0, 0.05) is 16.8 Å². The largest absolute Gasteiger partial charge is 0.266 e. The van der Waals surface area contributed by atoms with Gasteiger partial charge < -0.3 is 0 Å². The van der Waals surface area contributed by atoms with E-state index < -0.39 is 10.0 Å². The van der Waals surface area contributed by atoms with Gasteiger partial charge in [-0.1, -0.05) is 41.9 Å². The first-order valence-corrected chi connectivity index (χ1v) is 11.5. The number of sulfonamides is 1. The average Bonchev–Trinajstić information content (AvgIpc) is 3.22. The van der Waals surface area contributed by atoms with Crippen molar-refractivity contribution in [2.24, 2.45) is 0 Å². The molecular weight excluding hydrogens is 434 g/mol. The Morgan fingerprint density at radius 2 is 1.65 bits per heavy atom. The van der Waals surface area contributed by atoms with Crippen LogP contribution in [0, 0.1) is 20.8 Å². The van der Waals surface area contributed by atoms with E-state index in [0.717, 1.165) is 16.9 Å². The SMILES string of the molecule is Cc1nn(-c2ccccc2)c(C)c1S(=O)(=O)Nc1cc(C)n(Cc2ccc(Cl)cc2)n1. The van der Waals surface area contributed by atoms with Crippen LogP contribution in [0.1, 0.15) is 22.6 Å². The Bertz CT molecular complexity index is 1330. The fourth-order valence-corrected chi connectivity index (χ4v) is 5.02. The number of halogens is 1. The third-order valence-corrected chi connectivity index (χ3v) is 6.82. The van der Waals surface area contributed by atoms with Gasteiger partial charge in [0.2, 0.25) is 0 Å². The monoisotopic (exact) mass is 455 g/mol. The normalized spacial score (nSPS) is 11.6. The van der Waals surface area contributed by atoms with Crippen molar-refractivity contribution in [3.05, 3.63) is 88.3 Å². The van der Waals surface area contributed by atoms with E-state index in [1.165, 1.54) is 0 Å². The number of nitrogens with zero attached hydrogens (tertiary/aromatic N) is 4. The molecular formula is C22H22ClN5O2S. The Hall–Kier alpha value is -3.10. The van der Waals surface area contributed by atoms with Crippen LogP contribution in [0.5, 0.6) is 0 Å². The van der Waals surface area contributed by atoms with Crippen LogP contribution < -0.4 is 4.72 Å². The van der Waals surface area contributed by atoms with Crippen LogP contribution in [0.4, 0.5) is 5.82 Å². The maximum Gasteiger partial charge on any atom is 0.266 e. The summed E-state index contributed by atoms with van der Waals surface area (Å²) in [4.78, 5) is 0.154. The van der Waals surface area contributed by atoms with Crippen molar-refractivity contribution >= 4 is 27.4 Å². The van der Waals surface area contributed by atoms with E-state index in [9.17, 15) is 8.42 Å². The molecule has 2 aromatic carbocycles. The first-order valence-electron chi connectivity index (χ1n) is 9.68. The van der Waals surface area contributed by atoms with E-state index in [0.29, 0.717) is 23.0 Å². The number of benzene rings is 2. The molecule has 0 spiro atoms. The average molecular weight is 456 g/mol. The molecule has 0 radical (unpaired) electrons. The maximum atomic E-state index is 13.2. The molecule has 31 heavy (non-hydrogen) atoms. The van der Waals surface area contributed by atoms with Gasteiger partial charge in [-0.15, -0.1) is 0 Å². The highest BCUT2D eigenvalue weighted by atomic mass is 35.5. The molecule has 0 bridgehead atoms. The van der Waals surface area contributed by atoms with Gasteiger partial charge >= 0.3 is 0 Å². The van der Waals surface area contributed by atoms with Crippen LogP contribution in [-0.2, 0) is 16.6 Å². The second-order valence-electron chi connectivity index (χ2n) is 7.31. The highest BCUT2D eigenvalue weighted by Crippen LogP contribution is 2.25. The van der Waals surface area contributed by atoms with Crippen molar-refractivity contribution in [3.63, 3.8) is 0 Å². The van der Waals surface area contributed by atoms with Crippen molar-refractivity contribution in [2.75, 3.05) is 4.72 Å². The molecule has 0 unspecified atom stereocenters. The molecule has 4 aromatic rings. The predicted octanol–water partition coefficient (Wildman–Crippen LogP) is 4.50. The van der Waals surface area contributed by atoms with Gasteiger partial charge in [0.25, 0.3) is 10.0 Å². The van der Waals surface area contributed by atoms with Gasteiger partial charge in [0.05, 0.1) is 23.6 Å². The van der Waals surface area contributed by atoms with Gasteiger partial charge in [-0.05, 0) is 50.6 Å². The highest BCUT2D eigenvalue weighted by molar-refractivity contribution is 7.92. The zero-order valence-electron chi connectivity index (χ0n) is 17.4. The van der Waals surface area contributed by atoms with Crippen molar-refractivity contribution in [1.82, 2.24) is 19.6 Å². The quantitative estimate of drug-likeness (QED) is 0.464. The highest BCUT2D eigenvalue weighted by Gasteiger charge is 2.26. The van der Waals surface area contributed by atoms with Crippen LogP contribution in [0.2, 0.25) is 5.02 Å². The number of rotatable bonds is 6. The summed E-state index contributed by atoms with van der Waals surface area (Å²) in [6.45, 7) is 5.82. The first kappa shape index (κ1) is 21.1. The third-order valence-electron chi connectivity index (χ3n) is 4.96. The van der Waals surface area contributed by atoms with Crippen LogP contribution >= 0.6 is 11.6 Å². The van der Waals surface area contributed by atoms with E-state index in [-0.39, 0.29) is 10.7 Å². The molecule has 7 nitrogen and oxygen atoms in total. The lowest BCUT2D eigenvalue weighted by atomic mass is 10.2. The molecule has 0 fully saturated rings. The van der Waals surface area contributed by atoms with E-state index >= 15 is 0 Å². The molecule has 0 amide bonds. The molecule has 0 aliphatic carbocycles. The van der Waals surface area contributed by atoms with Gasteiger partial charge in [-0.3, -0.25) is 9.40 Å². The molecule has 0 saturated carbocycles. The Morgan fingerprint density at radius 1 is 0.968 bits per heavy atom. The fraction of sp³-hybridized carbons (Fsp3) is 0.182. The third kappa shape index (κ3) is 4.35. The minimum Gasteiger partial charge on any atom is -0.263 e. The molecule has 2 heterocycles. The molecule has 0 aliphatic heterocycles. The number of aromatic nitrogens is 4. The van der Waals surface area contributed by atoms with Crippen LogP contribution in [-0.4, -0.2) is 28.0 Å². The summed E-state index contributed by atoms with van der Waals surface area (Å²) in [5.74, 6) is 0.262. The Kier molecular flexibility index (Phi) is 5.60. The Morgan fingerprint density at radius 3 is 2.32 bits per heavy atom. The maximum absolute atomic E-state index is 13.2. The second-order valence-corrected chi connectivity index (χ2v) is 9.36. The molecule has 0 saturated heterocycles. The summed E-state index contributed by atoms with van der Waals surface area (Å²) in [6.07, 6.45) is 0. The zero-order valence-corrected chi connectivity index (χ0v) is 18.9. The van der Waals surface area contributed by atoms with Crippen LogP contribution in [0.15, 0.2) is 65.6 Å².